The van der Waals surface area contributed by atoms with Gasteiger partial charge >= 0.3 is 0 Å². The van der Waals surface area contributed by atoms with E-state index < -0.39 is 0 Å². The van der Waals surface area contributed by atoms with E-state index in [1.54, 1.807) is 0 Å². The van der Waals surface area contributed by atoms with E-state index in [1.807, 2.05) is 13.1 Å². The van der Waals surface area contributed by atoms with Crippen molar-refractivity contribution in [2.45, 2.75) is 19.5 Å². The third-order valence-electron chi connectivity index (χ3n) is 2.91. The van der Waals surface area contributed by atoms with Gasteiger partial charge in [-0.2, -0.15) is 0 Å². The first-order chi connectivity index (χ1) is 7.79. The number of hydrogen-bond acceptors (Lipinski definition) is 1. The maximum absolute atomic E-state index is 3.25. The molecule has 2 heteroatoms. The summed E-state index contributed by atoms with van der Waals surface area (Å²) in [7, 11) is 1.99. The van der Waals surface area contributed by atoms with Gasteiger partial charge in [0.1, 0.15) is 0 Å². The first-order valence-corrected chi connectivity index (χ1v) is 5.66. The zero-order valence-electron chi connectivity index (χ0n) is 9.85. The quantitative estimate of drug-likeness (QED) is 0.828. The number of rotatable bonds is 4. The monoisotopic (exact) mass is 214 g/mol. The molecule has 0 fully saturated rings. The predicted octanol–water partition coefficient (Wildman–Crippen LogP) is 2.82. The fourth-order valence-corrected chi connectivity index (χ4v) is 1.77. The van der Waals surface area contributed by atoms with E-state index in [-0.39, 0.29) is 0 Å². The lowest BCUT2D eigenvalue weighted by molar-refractivity contribution is 0.649. The second-order valence-electron chi connectivity index (χ2n) is 4.11. The number of aromatic nitrogens is 1. The van der Waals surface area contributed by atoms with E-state index in [0.29, 0.717) is 6.04 Å². The molecule has 0 radical (unpaired) electrons. The Balaban J connectivity index is 2.09. The summed E-state index contributed by atoms with van der Waals surface area (Å²) in [4.78, 5) is 0. The van der Waals surface area contributed by atoms with Crippen LogP contribution in [0.1, 0.15) is 24.1 Å². The summed E-state index contributed by atoms with van der Waals surface area (Å²) in [6.07, 6.45) is 4.34. The van der Waals surface area contributed by atoms with E-state index in [0.717, 1.165) is 6.54 Å². The van der Waals surface area contributed by atoms with Gasteiger partial charge in [-0.25, -0.2) is 0 Å². The van der Waals surface area contributed by atoms with Crippen molar-refractivity contribution in [2.75, 3.05) is 7.05 Å². The van der Waals surface area contributed by atoms with Crippen LogP contribution in [0.2, 0.25) is 0 Å². The third kappa shape index (κ3) is 2.52. The molecule has 0 unspecified atom stereocenters. The van der Waals surface area contributed by atoms with Gasteiger partial charge in [-0.05, 0) is 31.2 Å². The second-order valence-corrected chi connectivity index (χ2v) is 4.11. The topological polar surface area (TPSA) is 17.0 Å². The van der Waals surface area contributed by atoms with Crippen molar-refractivity contribution < 1.29 is 0 Å². The molecule has 0 bridgehead atoms. The van der Waals surface area contributed by atoms with E-state index in [2.05, 4.69) is 59.5 Å². The highest BCUT2D eigenvalue weighted by molar-refractivity contribution is 5.19. The van der Waals surface area contributed by atoms with Crippen LogP contribution in [0, 0.1) is 0 Å². The molecule has 2 rings (SSSR count). The van der Waals surface area contributed by atoms with Gasteiger partial charge in [-0.3, -0.25) is 0 Å². The van der Waals surface area contributed by atoms with Gasteiger partial charge in [0, 0.05) is 25.0 Å². The van der Waals surface area contributed by atoms with Crippen LogP contribution in [0.4, 0.5) is 0 Å². The molecule has 2 nitrogen and oxygen atoms in total. The largest absolute Gasteiger partial charge is 0.350 e. The molecule has 84 valence electrons. The highest BCUT2D eigenvalue weighted by Crippen LogP contribution is 2.13. The van der Waals surface area contributed by atoms with Crippen LogP contribution in [-0.2, 0) is 6.54 Å². The molecule has 0 spiro atoms. The standard InChI is InChI=1S/C14H18N2/c1-12(15-2)14-8-9-16(11-14)10-13-6-4-3-5-7-13/h3-9,11-12,15H,10H2,1-2H3/t12-/m0/s1. The fourth-order valence-electron chi connectivity index (χ4n) is 1.77. The summed E-state index contributed by atoms with van der Waals surface area (Å²) in [6, 6.07) is 13.1. The molecule has 0 saturated heterocycles. The predicted molar refractivity (Wildman–Crippen MR) is 67.5 cm³/mol. The van der Waals surface area contributed by atoms with E-state index in [1.165, 1.54) is 11.1 Å². The second kappa shape index (κ2) is 4.99. The van der Waals surface area contributed by atoms with Crippen molar-refractivity contribution >= 4 is 0 Å². The van der Waals surface area contributed by atoms with Gasteiger partial charge < -0.3 is 9.88 Å². The molecule has 1 aromatic heterocycles. The average molecular weight is 214 g/mol. The molecule has 1 atom stereocenters. The highest BCUT2D eigenvalue weighted by Gasteiger charge is 2.03. The summed E-state index contributed by atoms with van der Waals surface area (Å²) in [5.41, 5.74) is 2.67. The van der Waals surface area contributed by atoms with Crippen LogP contribution in [-0.4, -0.2) is 11.6 Å². The van der Waals surface area contributed by atoms with Crippen LogP contribution in [0.5, 0.6) is 0 Å². The van der Waals surface area contributed by atoms with Gasteiger partial charge in [0.05, 0.1) is 0 Å². The van der Waals surface area contributed by atoms with Crippen molar-refractivity contribution in [3.63, 3.8) is 0 Å². The SMILES string of the molecule is CN[C@@H](C)c1ccn(Cc2ccccc2)c1. The maximum atomic E-state index is 3.25. The molecular weight excluding hydrogens is 196 g/mol. The minimum absolute atomic E-state index is 0.414. The summed E-state index contributed by atoms with van der Waals surface area (Å²) < 4.78 is 2.22. The average Bonchev–Trinajstić information content (AvgIpc) is 2.78. The molecule has 0 amide bonds. The van der Waals surface area contributed by atoms with Crippen LogP contribution >= 0.6 is 0 Å². The van der Waals surface area contributed by atoms with Crippen LogP contribution in [0.3, 0.4) is 0 Å². The van der Waals surface area contributed by atoms with Gasteiger partial charge in [0.2, 0.25) is 0 Å². The molecular formula is C14H18N2. The first-order valence-electron chi connectivity index (χ1n) is 5.66. The Kier molecular flexibility index (Phi) is 3.42. The molecule has 0 aliphatic rings. The minimum atomic E-state index is 0.414. The van der Waals surface area contributed by atoms with E-state index >= 15 is 0 Å². The van der Waals surface area contributed by atoms with E-state index in [4.69, 9.17) is 0 Å². The fraction of sp³-hybridized carbons (Fsp3) is 0.286. The van der Waals surface area contributed by atoms with Gasteiger partial charge in [0.25, 0.3) is 0 Å². The zero-order valence-corrected chi connectivity index (χ0v) is 9.85. The van der Waals surface area contributed by atoms with E-state index in [9.17, 15) is 0 Å². The molecule has 1 heterocycles. The smallest absolute Gasteiger partial charge is 0.0470 e. The van der Waals surface area contributed by atoms with Gasteiger partial charge in [0.15, 0.2) is 0 Å². The normalized spacial score (nSPS) is 12.6. The lowest BCUT2D eigenvalue weighted by Crippen LogP contribution is -2.11. The highest BCUT2D eigenvalue weighted by atomic mass is 14.9. The Bertz CT molecular complexity index is 431. The summed E-state index contributed by atoms with van der Waals surface area (Å²) in [5, 5.41) is 3.25. The molecule has 2 aromatic rings. The zero-order chi connectivity index (χ0) is 11.4. The van der Waals surface area contributed by atoms with Gasteiger partial charge in [-0.15, -0.1) is 0 Å². The Hall–Kier alpha value is -1.54. The van der Waals surface area contributed by atoms with Crippen molar-refractivity contribution in [1.29, 1.82) is 0 Å². The van der Waals surface area contributed by atoms with Crippen molar-refractivity contribution in [3.05, 3.63) is 59.9 Å². The van der Waals surface area contributed by atoms with Crippen molar-refractivity contribution in [3.8, 4) is 0 Å². The maximum Gasteiger partial charge on any atom is 0.0470 e. The number of nitrogens with one attached hydrogen (secondary N) is 1. The number of benzene rings is 1. The van der Waals surface area contributed by atoms with Crippen molar-refractivity contribution in [2.24, 2.45) is 0 Å². The van der Waals surface area contributed by atoms with Crippen LogP contribution in [0.15, 0.2) is 48.8 Å². The summed E-state index contributed by atoms with van der Waals surface area (Å²) in [5.74, 6) is 0. The Labute approximate surface area is 96.9 Å². The summed E-state index contributed by atoms with van der Waals surface area (Å²) >= 11 is 0. The Morgan fingerprint density at radius 3 is 2.62 bits per heavy atom. The lowest BCUT2D eigenvalue weighted by Gasteiger charge is -2.07. The number of nitrogens with zero attached hydrogens (tertiary/aromatic N) is 1. The third-order valence-corrected chi connectivity index (χ3v) is 2.91. The minimum Gasteiger partial charge on any atom is -0.350 e. The molecule has 0 aliphatic carbocycles. The molecule has 1 aromatic carbocycles. The van der Waals surface area contributed by atoms with Gasteiger partial charge in [-0.1, -0.05) is 30.3 Å². The first kappa shape index (κ1) is 11.0. The number of hydrogen-bond donors (Lipinski definition) is 1. The van der Waals surface area contributed by atoms with Crippen LogP contribution < -0.4 is 5.32 Å². The Morgan fingerprint density at radius 2 is 1.94 bits per heavy atom. The lowest BCUT2D eigenvalue weighted by atomic mass is 10.2. The van der Waals surface area contributed by atoms with Crippen LogP contribution in [0.25, 0.3) is 0 Å². The molecule has 0 aliphatic heterocycles. The van der Waals surface area contributed by atoms with Crippen molar-refractivity contribution in [1.82, 2.24) is 9.88 Å². The Morgan fingerprint density at radius 1 is 1.19 bits per heavy atom. The summed E-state index contributed by atoms with van der Waals surface area (Å²) in [6.45, 7) is 3.11. The molecule has 0 saturated carbocycles. The molecule has 1 N–H and O–H groups in total. The molecule has 16 heavy (non-hydrogen) atoms.